The van der Waals surface area contributed by atoms with Gasteiger partial charge in [0.25, 0.3) is 0 Å². The molecule has 22 heavy (non-hydrogen) atoms. The van der Waals surface area contributed by atoms with E-state index in [-0.39, 0.29) is 17.9 Å². The van der Waals surface area contributed by atoms with E-state index in [1.54, 1.807) is 0 Å². The van der Waals surface area contributed by atoms with Crippen LogP contribution in [-0.4, -0.2) is 11.9 Å². The van der Waals surface area contributed by atoms with Gasteiger partial charge in [0.2, 0.25) is 5.91 Å². The molecule has 0 aliphatic heterocycles. The summed E-state index contributed by atoms with van der Waals surface area (Å²) in [6.07, 6.45) is 0. The Hall–Kier alpha value is -2.13. The first-order valence-electron chi connectivity index (χ1n) is 7.66. The number of hydrogen-bond acceptors (Lipinski definition) is 2. The molecule has 0 fully saturated rings. The van der Waals surface area contributed by atoms with Crippen LogP contribution >= 0.6 is 0 Å². The molecule has 3 heteroatoms. The Morgan fingerprint density at radius 3 is 2.14 bits per heavy atom. The largest absolute Gasteiger partial charge is 0.351 e. The van der Waals surface area contributed by atoms with Gasteiger partial charge in [0.05, 0.1) is 0 Å². The zero-order valence-corrected chi connectivity index (χ0v) is 13.4. The van der Waals surface area contributed by atoms with Gasteiger partial charge >= 0.3 is 0 Å². The van der Waals surface area contributed by atoms with E-state index in [2.05, 4.69) is 24.4 Å². The first-order chi connectivity index (χ1) is 10.5. The lowest BCUT2D eigenvalue weighted by Gasteiger charge is -2.23. The molecule has 0 bridgehead atoms. The lowest BCUT2D eigenvalue weighted by molar-refractivity contribution is -0.123. The van der Waals surface area contributed by atoms with E-state index in [0.29, 0.717) is 0 Å². The summed E-state index contributed by atoms with van der Waals surface area (Å²) < 4.78 is 0. The van der Waals surface area contributed by atoms with Crippen LogP contribution in [0.15, 0.2) is 54.6 Å². The summed E-state index contributed by atoms with van der Waals surface area (Å²) in [5.41, 5.74) is 9.26. The zero-order valence-electron chi connectivity index (χ0n) is 13.4. The van der Waals surface area contributed by atoms with Crippen LogP contribution in [0.25, 0.3) is 0 Å². The van der Waals surface area contributed by atoms with E-state index in [0.717, 1.165) is 11.1 Å². The molecule has 3 nitrogen and oxygen atoms in total. The number of nitrogens with one attached hydrogen (secondary N) is 1. The number of hydrogen-bond donors (Lipinski definition) is 2. The lowest BCUT2D eigenvalue weighted by Crippen LogP contribution is -2.41. The molecule has 1 amide bonds. The van der Waals surface area contributed by atoms with Crippen molar-refractivity contribution < 1.29 is 4.79 Å². The van der Waals surface area contributed by atoms with E-state index >= 15 is 0 Å². The first kappa shape index (κ1) is 16.2. The van der Waals surface area contributed by atoms with Crippen LogP contribution in [-0.2, 0) is 4.79 Å². The summed E-state index contributed by atoms with van der Waals surface area (Å²) >= 11 is 0. The topological polar surface area (TPSA) is 55.1 Å². The third-order valence-corrected chi connectivity index (χ3v) is 4.16. The SMILES string of the molecule is Cc1ccc(C(N)C(=O)NC(C)C(C)c2ccccc2)cc1. The highest BCUT2D eigenvalue weighted by Gasteiger charge is 2.21. The standard InChI is InChI=1S/C19H24N2O/c1-13-9-11-17(12-10-13)18(20)19(22)21-15(3)14(2)16-7-5-4-6-8-16/h4-12,14-15,18H,20H2,1-3H3,(H,21,22). The van der Waals surface area contributed by atoms with E-state index in [9.17, 15) is 4.79 Å². The number of rotatable bonds is 5. The molecule has 0 aromatic heterocycles. The highest BCUT2D eigenvalue weighted by molar-refractivity contribution is 5.83. The molecule has 0 saturated carbocycles. The maximum atomic E-state index is 12.3. The Labute approximate surface area is 132 Å². The number of aryl methyl sites for hydroxylation is 1. The minimum absolute atomic E-state index is 0.0198. The van der Waals surface area contributed by atoms with Crippen molar-refractivity contribution in [3.63, 3.8) is 0 Å². The second kappa shape index (κ2) is 7.23. The summed E-state index contributed by atoms with van der Waals surface area (Å²) in [7, 11) is 0. The van der Waals surface area contributed by atoms with E-state index in [4.69, 9.17) is 5.73 Å². The molecular formula is C19H24N2O. The van der Waals surface area contributed by atoms with E-state index in [1.807, 2.05) is 56.3 Å². The maximum absolute atomic E-state index is 12.3. The van der Waals surface area contributed by atoms with Gasteiger partial charge in [-0.3, -0.25) is 4.79 Å². The monoisotopic (exact) mass is 296 g/mol. The van der Waals surface area contributed by atoms with Crippen molar-refractivity contribution in [3.8, 4) is 0 Å². The second-order valence-corrected chi connectivity index (χ2v) is 5.88. The van der Waals surface area contributed by atoms with Crippen molar-refractivity contribution in [2.45, 2.75) is 38.8 Å². The molecule has 2 aromatic carbocycles. The van der Waals surface area contributed by atoms with Gasteiger partial charge in [0.1, 0.15) is 6.04 Å². The molecule has 0 radical (unpaired) electrons. The Morgan fingerprint density at radius 1 is 0.955 bits per heavy atom. The van der Waals surface area contributed by atoms with Gasteiger partial charge < -0.3 is 11.1 Å². The fraction of sp³-hybridized carbons (Fsp3) is 0.316. The van der Waals surface area contributed by atoms with Gasteiger partial charge in [0.15, 0.2) is 0 Å². The van der Waals surface area contributed by atoms with Crippen LogP contribution in [0.1, 0.15) is 42.5 Å². The van der Waals surface area contributed by atoms with Crippen molar-refractivity contribution >= 4 is 5.91 Å². The van der Waals surface area contributed by atoms with Crippen LogP contribution in [0.5, 0.6) is 0 Å². The molecule has 2 rings (SSSR count). The quantitative estimate of drug-likeness (QED) is 0.889. The molecule has 116 valence electrons. The fourth-order valence-corrected chi connectivity index (χ4v) is 2.41. The van der Waals surface area contributed by atoms with Crippen molar-refractivity contribution in [2.24, 2.45) is 5.73 Å². The van der Waals surface area contributed by atoms with Gasteiger partial charge in [-0.1, -0.05) is 67.1 Å². The van der Waals surface area contributed by atoms with Gasteiger partial charge in [0, 0.05) is 12.0 Å². The van der Waals surface area contributed by atoms with E-state index in [1.165, 1.54) is 5.56 Å². The van der Waals surface area contributed by atoms with Crippen LogP contribution in [0.2, 0.25) is 0 Å². The molecule has 3 atom stereocenters. The minimum Gasteiger partial charge on any atom is -0.351 e. The maximum Gasteiger partial charge on any atom is 0.241 e. The number of amides is 1. The molecule has 0 spiro atoms. The first-order valence-corrected chi connectivity index (χ1v) is 7.66. The second-order valence-electron chi connectivity index (χ2n) is 5.88. The number of nitrogens with two attached hydrogens (primary N) is 1. The highest BCUT2D eigenvalue weighted by Crippen LogP contribution is 2.19. The smallest absolute Gasteiger partial charge is 0.241 e. The van der Waals surface area contributed by atoms with Crippen molar-refractivity contribution in [1.29, 1.82) is 0 Å². The molecule has 2 aromatic rings. The lowest BCUT2D eigenvalue weighted by atomic mass is 9.94. The Morgan fingerprint density at radius 2 is 1.55 bits per heavy atom. The van der Waals surface area contributed by atoms with Crippen LogP contribution in [0.3, 0.4) is 0 Å². The summed E-state index contributed by atoms with van der Waals surface area (Å²) in [4.78, 5) is 12.3. The van der Waals surface area contributed by atoms with Crippen molar-refractivity contribution in [2.75, 3.05) is 0 Å². The predicted molar refractivity (Wildman–Crippen MR) is 90.6 cm³/mol. The molecular weight excluding hydrogens is 272 g/mol. The third-order valence-electron chi connectivity index (χ3n) is 4.16. The summed E-state index contributed by atoms with van der Waals surface area (Å²) in [5, 5.41) is 3.03. The van der Waals surface area contributed by atoms with Crippen LogP contribution in [0, 0.1) is 6.92 Å². The minimum atomic E-state index is -0.633. The summed E-state index contributed by atoms with van der Waals surface area (Å²) in [6, 6.07) is 17.3. The summed E-state index contributed by atoms with van der Waals surface area (Å²) in [6.45, 7) is 6.13. The van der Waals surface area contributed by atoms with Crippen LogP contribution in [0.4, 0.5) is 0 Å². The number of benzene rings is 2. The van der Waals surface area contributed by atoms with Crippen LogP contribution < -0.4 is 11.1 Å². The third kappa shape index (κ3) is 3.95. The molecule has 0 aliphatic carbocycles. The Balaban J connectivity index is 2.00. The molecule has 3 unspecified atom stereocenters. The Bertz CT molecular complexity index is 607. The average molecular weight is 296 g/mol. The van der Waals surface area contributed by atoms with Gasteiger partial charge in [-0.2, -0.15) is 0 Å². The molecule has 0 heterocycles. The van der Waals surface area contributed by atoms with Gasteiger partial charge in [-0.25, -0.2) is 0 Å². The predicted octanol–water partition coefficient (Wildman–Crippen LogP) is 3.30. The molecule has 0 saturated heterocycles. The number of carbonyl (C=O) groups is 1. The molecule has 0 aliphatic rings. The Kier molecular flexibility index (Phi) is 5.34. The van der Waals surface area contributed by atoms with Gasteiger partial charge in [-0.15, -0.1) is 0 Å². The van der Waals surface area contributed by atoms with Crippen molar-refractivity contribution in [1.82, 2.24) is 5.32 Å². The normalized spacial score (nSPS) is 14.9. The molecule has 3 N–H and O–H groups in total. The number of carbonyl (C=O) groups excluding carboxylic acids is 1. The average Bonchev–Trinajstić information content (AvgIpc) is 2.54. The zero-order chi connectivity index (χ0) is 16.1. The fourth-order valence-electron chi connectivity index (χ4n) is 2.41. The highest BCUT2D eigenvalue weighted by atomic mass is 16.2. The van der Waals surface area contributed by atoms with E-state index < -0.39 is 6.04 Å². The van der Waals surface area contributed by atoms with Gasteiger partial charge in [-0.05, 0) is 25.0 Å². The summed E-state index contributed by atoms with van der Waals surface area (Å²) in [5.74, 6) is 0.0921. The van der Waals surface area contributed by atoms with Crippen molar-refractivity contribution in [3.05, 3.63) is 71.3 Å².